The van der Waals surface area contributed by atoms with E-state index in [0.717, 1.165) is 38.5 Å². The summed E-state index contributed by atoms with van der Waals surface area (Å²) in [4.78, 5) is 22.9. The minimum absolute atomic E-state index is 0.0263. The van der Waals surface area contributed by atoms with Gasteiger partial charge in [0.15, 0.2) is 0 Å². The van der Waals surface area contributed by atoms with E-state index < -0.39 is 5.97 Å². The third-order valence-corrected chi connectivity index (χ3v) is 4.44. The van der Waals surface area contributed by atoms with Crippen molar-refractivity contribution >= 4 is 11.9 Å². The Kier molecular flexibility index (Phi) is 4.80. The van der Waals surface area contributed by atoms with Crippen molar-refractivity contribution in [3.63, 3.8) is 0 Å². The zero-order chi connectivity index (χ0) is 13.8. The van der Waals surface area contributed by atoms with Gasteiger partial charge in [-0.05, 0) is 37.5 Å². The van der Waals surface area contributed by atoms with Crippen LogP contribution in [0, 0.1) is 17.8 Å². The van der Waals surface area contributed by atoms with Gasteiger partial charge in [-0.25, -0.2) is 0 Å². The van der Waals surface area contributed by atoms with Crippen LogP contribution in [0.5, 0.6) is 0 Å². The lowest BCUT2D eigenvalue weighted by molar-refractivity contribution is -0.145. The molecule has 0 bridgehead atoms. The molecule has 0 aromatic rings. The molecule has 0 spiro atoms. The third kappa shape index (κ3) is 4.20. The first-order chi connectivity index (χ1) is 9.08. The molecule has 3 unspecified atom stereocenters. The van der Waals surface area contributed by atoms with Crippen molar-refractivity contribution in [1.82, 2.24) is 5.32 Å². The first-order valence-electron chi connectivity index (χ1n) is 7.33. The predicted octanol–water partition coefficient (Wildman–Crippen LogP) is 1.12. The minimum Gasteiger partial charge on any atom is -0.481 e. The number of carboxylic acid groups (broad SMARTS) is 1. The zero-order valence-corrected chi connectivity index (χ0v) is 11.3. The number of aliphatic carboxylic acids is 1. The van der Waals surface area contributed by atoms with Crippen molar-refractivity contribution in [3.8, 4) is 0 Å². The third-order valence-electron chi connectivity index (χ3n) is 4.44. The van der Waals surface area contributed by atoms with Crippen LogP contribution in [0.2, 0.25) is 0 Å². The summed E-state index contributed by atoms with van der Waals surface area (Å²) < 4.78 is 0. The summed E-state index contributed by atoms with van der Waals surface area (Å²) in [5.41, 5.74) is 5.91. The predicted molar refractivity (Wildman–Crippen MR) is 71.4 cm³/mol. The highest BCUT2D eigenvalue weighted by Gasteiger charge is 2.32. The van der Waals surface area contributed by atoms with Crippen LogP contribution in [0.25, 0.3) is 0 Å². The molecule has 0 aliphatic heterocycles. The van der Waals surface area contributed by atoms with E-state index in [1.807, 2.05) is 0 Å². The molecule has 4 N–H and O–H groups in total. The number of nitrogens with two attached hydrogens (primary N) is 1. The Labute approximate surface area is 113 Å². The van der Waals surface area contributed by atoms with E-state index in [2.05, 4.69) is 5.32 Å². The van der Waals surface area contributed by atoms with Gasteiger partial charge in [0.05, 0.1) is 5.92 Å². The van der Waals surface area contributed by atoms with Gasteiger partial charge >= 0.3 is 5.97 Å². The van der Waals surface area contributed by atoms with Gasteiger partial charge in [-0.15, -0.1) is 0 Å². The van der Waals surface area contributed by atoms with E-state index >= 15 is 0 Å². The van der Waals surface area contributed by atoms with Crippen molar-refractivity contribution in [3.05, 3.63) is 0 Å². The van der Waals surface area contributed by atoms with Crippen molar-refractivity contribution in [2.24, 2.45) is 23.5 Å². The molecule has 0 heterocycles. The van der Waals surface area contributed by atoms with Gasteiger partial charge in [0.25, 0.3) is 0 Å². The molecule has 5 heteroatoms. The second-order valence-electron chi connectivity index (χ2n) is 6.00. The fourth-order valence-electron chi connectivity index (χ4n) is 3.00. The summed E-state index contributed by atoms with van der Waals surface area (Å²) >= 11 is 0. The fraction of sp³-hybridized carbons (Fsp3) is 0.857. The van der Waals surface area contributed by atoms with Crippen molar-refractivity contribution in [2.45, 2.75) is 51.0 Å². The summed E-state index contributed by atoms with van der Waals surface area (Å²) in [6, 6.07) is -0.0263. The summed E-state index contributed by atoms with van der Waals surface area (Å²) in [6.45, 7) is 0.479. The molecule has 0 radical (unpaired) electrons. The Bertz CT molecular complexity index is 342. The van der Waals surface area contributed by atoms with Crippen LogP contribution in [0.15, 0.2) is 0 Å². The Morgan fingerprint density at radius 3 is 2.53 bits per heavy atom. The monoisotopic (exact) mass is 268 g/mol. The summed E-state index contributed by atoms with van der Waals surface area (Å²) in [5, 5.41) is 12.0. The Morgan fingerprint density at radius 2 is 1.89 bits per heavy atom. The number of carbonyl (C=O) groups is 2. The number of carboxylic acids is 1. The van der Waals surface area contributed by atoms with Crippen molar-refractivity contribution < 1.29 is 14.7 Å². The maximum atomic E-state index is 11.8. The molecule has 0 saturated heterocycles. The zero-order valence-electron chi connectivity index (χ0n) is 11.3. The van der Waals surface area contributed by atoms with Gasteiger partial charge in [-0.2, -0.15) is 0 Å². The Hall–Kier alpha value is -1.10. The van der Waals surface area contributed by atoms with E-state index in [-0.39, 0.29) is 23.8 Å². The summed E-state index contributed by atoms with van der Waals surface area (Å²) in [7, 11) is 0. The second kappa shape index (κ2) is 6.37. The molecule has 19 heavy (non-hydrogen) atoms. The Morgan fingerprint density at radius 1 is 1.21 bits per heavy atom. The molecule has 0 aromatic heterocycles. The van der Waals surface area contributed by atoms with Gasteiger partial charge in [0.1, 0.15) is 0 Å². The maximum absolute atomic E-state index is 11.8. The number of rotatable bonds is 6. The fourth-order valence-corrected chi connectivity index (χ4v) is 3.00. The molecule has 2 aliphatic carbocycles. The molecule has 0 aromatic carbocycles. The van der Waals surface area contributed by atoms with E-state index in [1.54, 1.807) is 0 Å². The average Bonchev–Trinajstić information content (AvgIpc) is 3.20. The molecule has 3 atom stereocenters. The molecule has 2 rings (SSSR count). The van der Waals surface area contributed by atoms with Crippen molar-refractivity contribution in [2.75, 3.05) is 6.54 Å². The SMILES string of the molecule is NC(CC(=O)NCC1CCCCC1C(=O)O)C1CC1. The normalized spacial score (nSPS) is 28.7. The first kappa shape index (κ1) is 14.3. The standard InChI is InChI=1S/C14H24N2O3/c15-12(9-5-6-9)7-13(17)16-8-10-3-1-2-4-11(10)14(18)19/h9-12H,1-8,15H2,(H,16,17)(H,18,19). The van der Waals surface area contributed by atoms with Gasteiger partial charge in [-0.1, -0.05) is 12.8 Å². The number of amides is 1. The lowest BCUT2D eigenvalue weighted by Gasteiger charge is -2.28. The average molecular weight is 268 g/mol. The van der Waals surface area contributed by atoms with Crippen LogP contribution in [0.3, 0.4) is 0 Å². The van der Waals surface area contributed by atoms with Crippen molar-refractivity contribution in [1.29, 1.82) is 0 Å². The highest BCUT2D eigenvalue weighted by atomic mass is 16.4. The van der Waals surface area contributed by atoms with Crippen LogP contribution in [-0.2, 0) is 9.59 Å². The number of hydrogen-bond acceptors (Lipinski definition) is 3. The van der Waals surface area contributed by atoms with Gasteiger partial charge in [0, 0.05) is 19.0 Å². The lowest BCUT2D eigenvalue weighted by Crippen LogP contribution is -2.39. The highest BCUT2D eigenvalue weighted by Crippen LogP contribution is 2.33. The molecule has 2 saturated carbocycles. The smallest absolute Gasteiger partial charge is 0.306 e. The van der Waals surface area contributed by atoms with Gasteiger partial charge in [-0.3, -0.25) is 9.59 Å². The van der Waals surface area contributed by atoms with Crippen LogP contribution in [0.4, 0.5) is 0 Å². The number of nitrogens with one attached hydrogen (secondary N) is 1. The Balaban J connectivity index is 1.73. The first-order valence-corrected chi connectivity index (χ1v) is 7.33. The topological polar surface area (TPSA) is 92.4 Å². The van der Waals surface area contributed by atoms with Crippen LogP contribution in [0.1, 0.15) is 44.9 Å². The molecule has 1 amide bonds. The van der Waals surface area contributed by atoms with E-state index in [4.69, 9.17) is 10.8 Å². The van der Waals surface area contributed by atoms with Crippen LogP contribution < -0.4 is 11.1 Å². The molecule has 2 fully saturated rings. The van der Waals surface area contributed by atoms with E-state index in [1.165, 1.54) is 0 Å². The molecule has 2 aliphatic rings. The largest absolute Gasteiger partial charge is 0.481 e. The van der Waals surface area contributed by atoms with E-state index in [9.17, 15) is 9.59 Å². The molecule has 108 valence electrons. The minimum atomic E-state index is -0.728. The lowest BCUT2D eigenvalue weighted by atomic mass is 9.79. The summed E-state index contributed by atoms with van der Waals surface area (Å²) in [6.07, 6.45) is 6.31. The van der Waals surface area contributed by atoms with Crippen LogP contribution >= 0.6 is 0 Å². The highest BCUT2D eigenvalue weighted by molar-refractivity contribution is 5.77. The number of hydrogen-bond donors (Lipinski definition) is 3. The number of carbonyl (C=O) groups excluding carboxylic acids is 1. The molecular formula is C14H24N2O3. The van der Waals surface area contributed by atoms with Gasteiger partial charge in [0.2, 0.25) is 5.91 Å². The van der Waals surface area contributed by atoms with E-state index in [0.29, 0.717) is 18.9 Å². The maximum Gasteiger partial charge on any atom is 0.306 e. The van der Waals surface area contributed by atoms with Gasteiger partial charge < -0.3 is 16.2 Å². The molecule has 5 nitrogen and oxygen atoms in total. The second-order valence-corrected chi connectivity index (χ2v) is 6.00. The summed E-state index contributed by atoms with van der Waals surface area (Å²) in [5.74, 6) is -0.464. The quantitative estimate of drug-likeness (QED) is 0.673. The molecular weight excluding hydrogens is 244 g/mol. The van der Waals surface area contributed by atoms with Crippen LogP contribution in [-0.4, -0.2) is 29.6 Å².